The third-order valence-electron chi connectivity index (χ3n) is 1.88. The average Bonchev–Trinajstić information content (AvgIpc) is 2.44. The Morgan fingerprint density at radius 1 is 1.33 bits per heavy atom. The Labute approximate surface area is 71.2 Å². The molecule has 0 atom stereocenters. The second kappa shape index (κ2) is 2.48. The zero-order chi connectivity index (χ0) is 8.55. The van der Waals surface area contributed by atoms with E-state index in [1.165, 1.54) is 0 Å². The summed E-state index contributed by atoms with van der Waals surface area (Å²) in [4.78, 5) is 3.98. The normalized spacial score (nSPS) is 17.8. The predicted molar refractivity (Wildman–Crippen MR) is 49.5 cm³/mol. The summed E-state index contributed by atoms with van der Waals surface area (Å²) in [5.74, 6) is 1.47. The van der Waals surface area contributed by atoms with Gasteiger partial charge in [-0.15, -0.1) is 0 Å². The highest BCUT2D eigenvalue weighted by Gasteiger charge is 2.21. The van der Waals surface area contributed by atoms with Crippen molar-refractivity contribution in [2.45, 2.75) is 0 Å². The summed E-state index contributed by atoms with van der Waals surface area (Å²) in [5.41, 5.74) is 1.91. The monoisotopic (exact) mass is 159 g/mol. The van der Waals surface area contributed by atoms with Gasteiger partial charge in [-0.2, -0.15) is 0 Å². The van der Waals surface area contributed by atoms with Gasteiger partial charge < -0.3 is 4.74 Å². The molecule has 2 nitrogen and oxygen atoms in total. The molecule has 0 fully saturated rings. The minimum Gasteiger partial charge on any atom is -0.438 e. The molecule has 0 aromatic heterocycles. The summed E-state index contributed by atoms with van der Waals surface area (Å²) in [6, 6.07) is 7.80. The van der Waals surface area contributed by atoms with Crippen LogP contribution in [0.15, 0.2) is 35.8 Å². The van der Waals surface area contributed by atoms with Gasteiger partial charge in [0.25, 0.3) is 0 Å². The second-order valence-corrected chi connectivity index (χ2v) is 2.61. The number of para-hydroxylation sites is 1. The van der Waals surface area contributed by atoms with Crippen molar-refractivity contribution in [1.82, 2.24) is 0 Å². The van der Waals surface area contributed by atoms with Crippen LogP contribution in [-0.2, 0) is 0 Å². The molecule has 2 heteroatoms. The molecule has 0 spiro atoms. The zero-order valence-electron chi connectivity index (χ0n) is 6.87. The second-order valence-electron chi connectivity index (χ2n) is 2.61. The summed E-state index contributed by atoms with van der Waals surface area (Å²) in [5, 5.41) is 0. The molecule has 1 aliphatic heterocycles. The van der Waals surface area contributed by atoms with E-state index in [-0.39, 0.29) is 0 Å². The zero-order valence-corrected chi connectivity index (χ0v) is 6.87. The molecule has 0 N–H and O–H groups in total. The highest BCUT2D eigenvalue weighted by Crippen LogP contribution is 2.32. The van der Waals surface area contributed by atoms with Crippen molar-refractivity contribution in [2.75, 3.05) is 7.05 Å². The molecule has 0 aliphatic carbocycles. The van der Waals surface area contributed by atoms with Gasteiger partial charge in [0.2, 0.25) is 5.90 Å². The molecule has 1 heterocycles. The van der Waals surface area contributed by atoms with Gasteiger partial charge in [0.1, 0.15) is 5.75 Å². The van der Waals surface area contributed by atoms with Crippen molar-refractivity contribution in [3.05, 3.63) is 36.4 Å². The quantitative estimate of drug-likeness (QED) is 0.568. The van der Waals surface area contributed by atoms with Crippen LogP contribution in [-0.4, -0.2) is 12.9 Å². The Morgan fingerprint density at radius 2 is 2.08 bits per heavy atom. The van der Waals surface area contributed by atoms with Crippen molar-refractivity contribution < 1.29 is 4.74 Å². The smallest absolute Gasteiger partial charge is 0.221 e. The largest absolute Gasteiger partial charge is 0.438 e. The van der Waals surface area contributed by atoms with Gasteiger partial charge in [-0.25, -0.2) is 0 Å². The van der Waals surface area contributed by atoms with Crippen LogP contribution in [0.4, 0.5) is 0 Å². The molecule has 1 aromatic rings. The summed E-state index contributed by atoms with van der Waals surface area (Å²) in [6.07, 6.45) is 0. The number of aliphatic imine (C=N–C) groups is 1. The Morgan fingerprint density at radius 3 is 2.75 bits per heavy atom. The molecule has 0 saturated heterocycles. The molecular weight excluding hydrogens is 150 g/mol. The van der Waals surface area contributed by atoms with Gasteiger partial charge in [0, 0.05) is 18.2 Å². The van der Waals surface area contributed by atoms with Crippen LogP contribution >= 0.6 is 0 Å². The first-order chi connectivity index (χ1) is 5.83. The predicted octanol–water partition coefficient (Wildman–Crippen LogP) is 2.12. The van der Waals surface area contributed by atoms with Crippen molar-refractivity contribution in [2.24, 2.45) is 4.99 Å². The van der Waals surface area contributed by atoms with E-state index in [9.17, 15) is 0 Å². The van der Waals surface area contributed by atoms with E-state index in [4.69, 9.17) is 4.74 Å². The number of hydrogen-bond acceptors (Lipinski definition) is 2. The summed E-state index contributed by atoms with van der Waals surface area (Å²) < 4.78 is 5.42. The third-order valence-corrected chi connectivity index (χ3v) is 1.88. The first-order valence-electron chi connectivity index (χ1n) is 3.76. The molecule has 0 unspecified atom stereocenters. The number of nitrogens with zero attached hydrogens (tertiary/aromatic N) is 1. The van der Waals surface area contributed by atoms with Crippen LogP contribution in [0.25, 0.3) is 5.57 Å². The van der Waals surface area contributed by atoms with Crippen LogP contribution in [0.2, 0.25) is 0 Å². The van der Waals surface area contributed by atoms with Gasteiger partial charge in [0.05, 0.1) is 0 Å². The van der Waals surface area contributed by atoms with Crippen LogP contribution in [0.5, 0.6) is 5.75 Å². The first kappa shape index (κ1) is 7.10. The first-order valence-corrected chi connectivity index (χ1v) is 3.76. The SMILES string of the molecule is C=C1/C(=N\C)Oc2ccccc21. The lowest BCUT2D eigenvalue weighted by atomic mass is 10.1. The van der Waals surface area contributed by atoms with E-state index >= 15 is 0 Å². The molecule has 1 aromatic carbocycles. The maximum Gasteiger partial charge on any atom is 0.221 e. The summed E-state index contributed by atoms with van der Waals surface area (Å²) in [7, 11) is 1.70. The molecule has 60 valence electrons. The van der Waals surface area contributed by atoms with E-state index in [2.05, 4.69) is 11.6 Å². The minimum atomic E-state index is 0.621. The molecule has 0 radical (unpaired) electrons. The van der Waals surface area contributed by atoms with Gasteiger partial charge in [-0.1, -0.05) is 24.8 Å². The van der Waals surface area contributed by atoms with Gasteiger partial charge >= 0.3 is 0 Å². The van der Waals surface area contributed by atoms with Gasteiger partial charge in [-0.05, 0) is 6.07 Å². The van der Waals surface area contributed by atoms with Crippen LogP contribution < -0.4 is 4.74 Å². The van der Waals surface area contributed by atoms with E-state index < -0.39 is 0 Å². The van der Waals surface area contributed by atoms with Crippen molar-refractivity contribution in [3.8, 4) is 5.75 Å². The number of fused-ring (bicyclic) bond motifs is 1. The Balaban J connectivity index is 2.56. The maximum atomic E-state index is 5.42. The lowest BCUT2D eigenvalue weighted by Gasteiger charge is -1.94. The van der Waals surface area contributed by atoms with E-state index in [1.807, 2.05) is 24.3 Å². The highest BCUT2D eigenvalue weighted by atomic mass is 16.5. The fourth-order valence-corrected chi connectivity index (χ4v) is 1.27. The number of rotatable bonds is 0. The van der Waals surface area contributed by atoms with Crippen molar-refractivity contribution in [1.29, 1.82) is 0 Å². The minimum absolute atomic E-state index is 0.621. The number of benzene rings is 1. The van der Waals surface area contributed by atoms with Crippen molar-refractivity contribution >= 4 is 11.5 Å². The highest BCUT2D eigenvalue weighted by molar-refractivity contribution is 6.23. The average molecular weight is 159 g/mol. The molecule has 2 rings (SSSR count). The molecule has 12 heavy (non-hydrogen) atoms. The maximum absolute atomic E-state index is 5.42. The Bertz CT molecular complexity index is 366. The Kier molecular flexibility index (Phi) is 1.47. The number of hydrogen-bond donors (Lipinski definition) is 0. The van der Waals surface area contributed by atoms with Gasteiger partial charge in [0.15, 0.2) is 0 Å². The fourth-order valence-electron chi connectivity index (χ4n) is 1.27. The lowest BCUT2D eigenvalue weighted by Crippen LogP contribution is -2.00. The topological polar surface area (TPSA) is 21.6 Å². The number of ether oxygens (including phenoxy) is 1. The van der Waals surface area contributed by atoms with Gasteiger partial charge in [-0.3, -0.25) is 4.99 Å². The fraction of sp³-hybridized carbons (Fsp3) is 0.100. The van der Waals surface area contributed by atoms with Crippen LogP contribution in [0, 0.1) is 0 Å². The molecule has 1 aliphatic rings. The standard InChI is InChI=1S/C10H9NO/c1-7-8-5-3-4-6-9(8)12-10(7)11-2/h3-6H,1H2,2H3/b11-10+. The summed E-state index contributed by atoms with van der Waals surface area (Å²) >= 11 is 0. The molecular formula is C10H9NO. The van der Waals surface area contributed by atoms with Crippen LogP contribution in [0.3, 0.4) is 0 Å². The van der Waals surface area contributed by atoms with Crippen LogP contribution in [0.1, 0.15) is 5.56 Å². The summed E-state index contributed by atoms with van der Waals surface area (Å²) in [6.45, 7) is 3.89. The lowest BCUT2D eigenvalue weighted by molar-refractivity contribution is 0.570. The molecule has 0 saturated carbocycles. The Hall–Kier alpha value is -1.57. The molecule has 0 bridgehead atoms. The van der Waals surface area contributed by atoms with Crippen molar-refractivity contribution in [3.63, 3.8) is 0 Å². The van der Waals surface area contributed by atoms with E-state index in [0.29, 0.717) is 5.90 Å². The van der Waals surface area contributed by atoms with E-state index in [0.717, 1.165) is 16.9 Å². The molecule has 0 amide bonds. The third kappa shape index (κ3) is 0.848. The van der Waals surface area contributed by atoms with E-state index in [1.54, 1.807) is 7.05 Å².